The van der Waals surface area contributed by atoms with E-state index >= 15 is 0 Å². The molecule has 3 N–H and O–H groups in total. The molecule has 4 nitrogen and oxygen atoms in total. The van der Waals surface area contributed by atoms with Crippen LogP contribution in [0, 0.1) is 0 Å². The highest BCUT2D eigenvalue weighted by Crippen LogP contribution is 2.20. The Labute approximate surface area is 88.3 Å². The van der Waals surface area contributed by atoms with E-state index < -0.39 is 0 Å². The van der Waals surface area contributed by atoms with Gasteiger partial charge in [-0.25, -0.2) is 0 Å². The van der Waals surface area contributed by atoms with Gasteiger partial charge < -0.3 is 15.7 Å². The fourth-order valence-electron chi connectivity index (χ4n) is 1.74. The van der Waals surface area contributed by atoms with Crippen molar-refractivity contribution in [3.05, 3.63) is 29.8 Å². The lowest BCUT2D eigenvalue weighted by Gasteiger charge is -2.28. The van der Waals surface area contributed by atoms with Crippen LogP contribution in [0.15, 0.2) is 24.3 Å². The molecule has 0 saturated carbocycles. The topological polar surface area (TPSA) is 61.4 Å². The van der Waals surface area contributed by atoms with Crippen molar-refractivity contribution in [1.82, 2.24) is 10.6 Å². The van der Waals surface area contributed by atoms with Gasteiger partial charge in [0.2, 0.25) is 5.91 Å². The lowest BCUT2D eigenvalue weighted by molar-refractivity contribution is -0.125. The molecule has 2 rings (SSSR count). The lowest BCUT2D eigenvalue weighted by atomic mass is 10.0. The number of phenols is 1. The first-order chi connectivity index (χ1) is 7.16. The lowest BCUT2D eigenvalue weighted by Crippen LogP contribution is -2.52. The summed E-state index contributed by atoms with van der Waals surface area (Å²) in [4.78, 5) is 11.7. The predicted octanol–water partition coefficient (Wildman–Crippen LogP) is 0.541. The molecule has 1 amide bonds. The Morgan fingerprint density at radius 2 is 2.27 bits per heavy atom. The summed E-state index contributed by atoms with van der Waals surface area (Å²) in [6.07, 6.45) is 0. The highest BCUT2D eigenvalue weighted by Gasteiger charge is 2.26. The summed E-state index contributed by atoms with van der Waals surface area (Å²) in [5.41, 5.74) is 0.791. The van der Waals surface area contributed by atoms with Crippen molar-refractivity contribution in [1.29, 1.82) is 0 Å². The Morgan fingerprint density at radius 1 is 1.47 bits per heavy atom. The van der Waals surface area contributed by atoms with Crippen molar-refractivity contribution in [2.45, 2.75) is 19.0 Å². The van der Waals surface area contributed by atoms with Gasteiger partial charge >= 0.3 is 0 Å². The van der Waals surface area contributed by atoms with Crippen LogP contribution in [0.2, 0.25) is 0 Å². The number of benzene rings is 1. The van der Waals surface area contributed by atoms with Crippen molar-refractivity contribution in [3.8, 4) is 5.75 Å². The largest absolute Gasteiger partial charge is 0.508 e. The van der Waals surface area contributed by atoms with Gasteiger partial charge in [-0.3, -0.25) is 4.79 Å². The quantitative estimate of drug-likeness (QED) is 0.628. The smallest absolute Gasteiger partial charge is 0.241 e. The fraction of sp³-hybridized carbons (Fsp3) is 0.364. The van der Waals surface area contributed by atoms with Crippen LogP contribution >= 0.6 is 0 Å². The zero-order chi connectivity index (χ0) is 10.8. The normalized spacial score (nSPS) is 26.1. The molecule has 1 aliphatic heterocycles. The molecular formula is C11H14N2O2. The molecule has 1 saturated heterocycles. The molecular weight excluding hydrogens is 192 g/mol. The molecule has 0 bridgehead atoms. The van der Waals surface area contributed by atoms with Gasteiger partial charge in [-0.15, -0.1) is 0 Å². The number of hydrogen-bond donors (Lipinski definition) is 3. The number of nitrogens with one attached hydrogen (secondary N) is 2. The minimum Gasteiger partial charge on any atom is -0.508 e. The zero-order valence-corrected chi connectivity index (χ0v) is 8.53. The van der Waals surface area contributed by atoms with E-state index in [0.29, 0.717) is 0 Å². The molecule has 1 aromatic carbocycles. The van der Waals surface area contributed by atoms with Gasteiger partial charge in [0.25, 0.3) is 0 Å². The first-order valence-corrected chi connectivity index (χ1v) is 4.99. The summed E-state index contributed by atoms with van der Waals surface area (Å²) >= 11 is 0. The summed E-state index contributed by atoms with van der Waals surface area (Å²) in [6, 6.07) is 6.56. The number of carbonyl (C=O) groups is 1. The van der Waals surface area contributed by atoms with E-state index in [2.05, 4.69) is 10.6 Å². The molecule has 2 unspecified atom stereocenters. The Bertz CT molecular complexity index is 379. The summed E-state index contributed by atoms with van der Waals surface area (Å²) in [5, 5.41) is 15.3. The van der Waals surface area contributed by atoms with Crippen LogP contribution in [0.25, 0.3) is 0 Å². The molecule has 2 atom stereocenters. The van der Waals surface area contributed by atoms with Gasteiger partial charge in [0.05, 0.1) is 0 Å². The van der Waals surface area contributed by atoms with Crippen molar-refractivity contribution < 1.29 is 9.90 Å². The van der Waals surface area contributed by atoms with E-state index in [-0.39, 0.29) is 23.7 Å². The van der Waals surface area contributed by atoms with Gasteiger partial charge in [0.15, 0.2) is 0 Å². The zero-order valence-electron chi connectivity index (χ0n) is 8.53. The number of aromatic hydroxyl groups is 1. The number of rotatable bonds is 1. The second-order valence-electron chi connectivity index (χ2n) is 3.85. The number of amides is 1. The van der Waals surface area contributed by atoms with E-state index in [1.165, 1.54) is 0 Å². The van der Waals surface area contributed by atoms with Crippen LogP contribution in [-0.2, 0) is 4.79 Å². The van der Waals surface area contributed by atoms with E-state index in [9.17, 15) is 9.90 Å². The molecule has 80 valence electrons. The highest BCUT2D eigenvalue weighted by atomic mass is 16.3. The van der Waals surface area contributed by atoms with E-state index in [4.69, 9.17) is 0 Å². The van der Waals surface area contributed by atoms with Crippen molar-refractivity contribution in [2.24, 2.45) is 0 Å². The molecule has 1 heterocycles. The van der Waals surface area contributed by atoms with Crippen molar-refractivity contribution in [3.63, 3.8) is 0 Å². The van der Waals surface area contributed by atoms with Gasteiger partial charge in [-0.2, -0.15) is 0 Å². The fourth-order valence-corrected chi connectivity index (χ4v) is 1.74. The third-order valence-corrected chi connectivity index (χ3v) is 2.48. The first-order valence-electron chi connectivity index (χ1n) is 4.99. The maximum atomic E-state index is 11.7. The van der Waals surface area contributed by atoms with Gasteiger partial charge in [0.1, 0.15) is 11.8 Å². The SMILES string of the molecule is CC1CNC(c2cccc(O)c2)C(=O)N1. The maximum absolute atomic E-state index is 11.7. The molecule has 1 aromatic rings. The van der Waals surface area contributed by atoms with Crippen LogP contribution in [0.4, 0.5) is 0 Å². The predicted molar refractivity (Wildman–Crippen MR) is 56.5 cm³/mol. The van der Waals surface area contributed by atoms with Crippen LogP contribution in [0.1, 0.15) is 18.5 Å². The Balaban J connectivity index is 2.20. The molecule has 1 fully saturated rings. The molecule has 1 aliphatic rings. The summed E-state index contributed by atoms with van der Waals surface area (Å²) in [5.74, 6) is 0.139. The number of piperazine rings is 1. The molecule has 0 aliphatic carbocycles. The molecule has 0 spiro atoms. The number of hydrogen-bond acceptors (Lipinski definition) is 3. The number of phenolic OH excluding ortho intramolecular Hbond substituents is 1. The summed E-state index contributed by atoms with van der Waals surface area (Å²) in [6.45, 7) is 2.69. The molecule has 0 aromatic heterocycles. The van der Waals surface area contributed by atoms with Crippen LogP contribution in [0.3, 0.4) is 0 Å². The Kier molecular flexibility index (Phi) is 2.60. The van der Waals surface area contributed by atoms with E-state index in [1.807, 2.05) is 13.0 Å². The van der Waals surface area contributed by atoms with Gasteiger partial charge in [-0.05, 0) is 24.6 Å². The summed E-state index contributed by atoms with van der Waals surface area (Å²) < 4.78 is 0. The van der Waals surface area contributed by atoms with Gasteiger partial charge in [-0.1, -0.05) is 12.1 Å². The highest BCUT2D eigenvalue weighted by molar-refractivity contribution is 5.84. The minimum absolute atomic E-state index is 0.0423. The molecule has 0 radical (unpaired) electrons. The standard InChI is InChI=1S/C11H14N2O2/c1-7-6-12-10(11(15)13-7)8-3-2-4-9(14)5-8/h2-5,7,10,12,14H,6H2,1H3,(H,13,15). The summed E-state index contributed by atoms with van der Waals surface area (Å²) in [7, 11) is 0. The second-order valence-corrected chi connectivity index (χ2v) is 3.85. The van der Waals surface area contributed by atoms with Crippen LogP contribution < -0.4 is 10.6 Å². The monoisotopic (exact) mass is 206 g/mol. The van der Waals surface area contributed by atoms with Crippen LogP contribution in [-0.4, -0.2) is 23.6 Å². The second kappa shape index (κ2) is 3.90. The van der Waals surface area contributed by atoms with E-state index in [1.54, 1.807) is 18.2 Å². The van der Waals surface area contributed by atoms with Gasteiger partial charge in [0, 0.05) is 12.6 Å². The van der Waals surface area contributed by atoms with E-state index in [0.717, 1.165) is 12.1 Å². The first kappa shape index (κ1) is 9.98. The third-order valence-electron chi connectivity index (χ3n) is 2.48. The Morgan fingerprint density at radius 3 is 2.93 bits per heavy atom. The molecule has 15 heavy (non-hydrogen) atoms. The maximum Gasteiger partial charge on any atom is 0.241 e. The van der Waals surface area contributed by atoms with Crippen LogP contribution in [0.5, 0.6) is 5.75 Å². The number of carbonyl (C=O) groups excluding carboxylic acids is 1. The Hall–Kier alpha value is -1.55. The average Bonchev–Trinajstić information content (AvgIpc) is 2.17. The molecule has 4 heteroatoms. The van der Waals surface area contributed by atoms with Crippen molar-refractivity contribution in [2.75, 3.05) is 6.54 Å². The minimum atomic E-state index is -0.353. The average molecular weight is 206 g/mol. The third kappa shape index (κ3) is 2.10. The van der Waals surface area contributed by atoms with Crippen molar-refractivity contribution >= 4 is 5.91 Å².